The molecule has 1 aromatic carbocycles. The van der Waals surface area contributed by atoms with Gasteiger partial charge in [-0.05, 0) is 32.9 Å². The van der Waals surface area contributed by atoms with Crippen LogP contribution in [0, 0.1) is 0 Å². The molecule has 72 valence electrons. The number of carbonyl (C=O) groups excluding carboxylic acids is 1. The van der Waals surface area contributed by atoms with Crippen LogP contribution < -0.4 is 0 Å². The van der Waals surface area contributed by atoms with Gasteiger partial charge in [0.2, 0.25) is 0 Å². The minimum absolute atomic E-state index is 0.477. The van der Waals surface area contributed by atoms with Crippen molar-refractivity contribution in [2.45, 2.75) is 5.88 Å². The van der Waals surface area contributed by atoms with Gasteiger partial charge in [-0.3, -0.25) is 4.79 Å². The second kappa shape index (κ2) is 4.01. The van der Waals surface area contributed by atoms with Crippen LogP contribution in [0.5, 0.6) is 0 Å². The summed E-state index contributed by atoms with van der Waals surface area (Å²) in [6.45, 7) is 0. The van der Waals surface area contributed by atoms with Crippen LogP contribution in [0.1, 0.15) is 15.2 Å². The van der Waals surface area contributed by atoms with Crippen molar-refractivity contribution >= 4 is 55.2 Å². The Hall–Kier alpha value is -0.380. The van der Waals surface area contributed by atoms with Crippen LogP contribution in [0.3, 0.4) is 0 Å². The Bertz CT molecular complexity index is 492. The second-order valence-corrected chi connectivity index (χ2v) is 5.00. The summed E-state index contributed by atoms with van der Waals surface area (Å²) in [6, 6.07) is 5.85. The molecule has 0 N–H and O–H groups in total. The Kier molecular flexibility index (Phi) is 2.91. The Balaban J connectivity index is 2.74. The van der Waals surface area contributed by atoms with E-state index in [2.05, 4.69) is 15.9 Å². The Morgan fingerprint density at radius 1 is 1.50 bits per heavy atom. The summed E-state index contributed by atoms with van der Waals surface area (Å²) in [5, 5.41) is 1.08. The van der Waals surface area contributed by atoms with Gasteiger partial charge in [-0.15, -0.1) is 22.9 Å². The molecule has 1 heterocycles. The first-order valence-corrected chi connectivity index (χ1v) is 6.12. The first kappa shape index (κ1) is 10.1. The molecule has 0 radical (unpaired) electrons. The largest absolute Gasteiger partial charge is 0.297 e. The third-order valence-corrected chi connectivity index (χ3v) is 4.54. The predicted molar refractivity (Wildman–Crippen MR) is 64.5 cm³/mol. The van der Waals surface area contributed by atoms with Crippen molar-refractivity contribution in [3.05, 3.63) is 33.1 Å². The number of fused-ring (bicyclic) bond motifs is 1. The number of aldehydes is 1. The summed E-state index contributed by atoms with van der Waals surface area (Å²) in [5.41, 5.74) is 1.05. The summed E-state index contributed by atoms with van der Waals surface area (Å²) < 4.78 is 2.09. The summed E-state index contributed by atoms with van der Waals surface area (Å²) in [6.07, 6.45) is 0.872. The van der Waals surface area contributed by atoms with Crippen molar-refractivity contribution in [1.82, 2.24) is 0 Å². The van der Waals surface area contributed by atoms with Gasteiger partial charge in [0, 0.05) is 15.1 Å². The van der Waals surface area contributed by atoms with E-state index >= 15 is 0 Å². The lowest BCUT2D eigenvalue weighted by Gasteiger charge is -1.99. The van der Waals surface area contributed by atoms with Gasteiger partial charge in [-0.2, -0.15) is 0 Å². The van der Waals surface area contributed by atoms with Gasteiger partial charge in [-0.25, -0.2) is 0 Å². The molecule has 0 atom stereocenters. The monoisotopic (exact) mass is 288 g/mol. The molecule has 0 amide bonds. The van der Waals surface area contributed by atoms with Crippen molar-refractivity contribution in [1.29, 1.82) is 0 Å². The average molecular weight is 290 g/mol. The molecular formula is C10H6BrClOS. The summed E-state index contributed by atoms with van der Waals surface area (Å²) in [5.74, 6) is 0.477. The molecule has 0 aliphatic heterocycles. The van der Waals surface area contributed by atoms with Crippen LogP contribution in [-0.2, 0) is 5.88 Å². The fourth-order valence-corrected chi connectivity index (χ4v) is 3.35. The zero-order chi connectivity index (χ0) is 10.1. The molecule has 0 aliphatic rings. The zero-order valence-electron chi connectivity index (χ0n) is 7.09. The molecule has 14 heavy (non-hydrogen) atoms. The highest BCUT2D eigenvalue weighted by atomic mass is 79.9. The van der Waals surface area contributed by atoms with Gasteiger partial charge in [0.15, 0.2) is 6.29 Å². The fraction of sp³-hybridized carbons (Fsp3) is 0.100. The molecule has 0 bridgehead atoms. The minimum atomic E-state index is 0.477. The number of hydrogen-bond acceptors (Lipinski definition) is 2. The average Bonchev–Trinajstić information content (AvgIpc) is 2.62. The lowest BCUT2D eigenvalue weighted by molar-refractivity contribution is 0.112. The maximum atomic E-state index is 10.6. The smallest absolute Gasteiger partial charge is 0.160 e. The summed E-state index contributed by atoms with van der Waals surface area (Å²) in [4.78, 5) is 11.4. The van der Waals surface area contributed by atoms with Crippen LogP contribution in [0.2, 0.25) is 0 Å². The Labute approximate surface area is 98.8 Å². The number of benzene rings is 1. The predicted octanol–water partition coefficient (Wildman–Crippen LogP) is 4.22. The van der Waals surface area contributed by atoms with Crippen molar-refractivity contribution < 1.29 is 4.79 Å². The molecule has 0 unspecified atom stereocenters. The normalized spacial score (nSPS) is 10.7. The first-order valence-electron chi connectivity index (χ1n) is 3.98. The van der Waals surface area contributed by atoms with Crippen LogP contribution >= 0.6 is 38.9 Å². The van der Waals surface area contributed by atoms with Crippen molar-refractivity contribution in [3.8, 4) is 0 Å². The van der Waals surface area contributed by atoms with Gasteiger partial charge >= 0.3 is 0 Å². The van der Waals surface area contributed by atoms with E-state index in [1.165, 1.54) is 11.3 Å². The highest BCUT2D eigenvalue weighted by Gasteiger charge is 2.07. The molecule has 0 aliphatic carbocycles. The van der Waals surface area contributed by atoms with E-state index in [0.717, 1.165) is 31.3 Å². The molecule has 0 saturated heterocycles. The van der Waals surface area contributed by atoms with Gasteiger partial charge in [0.1, 0.15) is 0 Å². The molecule has 0 saturated carbocycles. The van der Waals surface area contributed by atoms with E-state index in [1.54, 1.807) is 0 Å². The molecule has 2 aromatic rings. The third-order valence-electron chi connectivity index (χ3n) is 1.99. The lowest BCUT2D eigenvalue weighted by atomic mass is 10.2. The van der Waals surface area contributed by atoms with Gasteiger partial charge < -0.3 is 0 Å². The SMILES string of the molecule is O=Cc1cc2ccc(CCl)c(Br)c2s1. The maximum Gasteiger partial charge on any atom is 0.160 e. The van der Waals surface area contributed by atoms with E-state index in [1.807, 2.05) is 18.2 Å². The molecule has 1 nitrogen and oxygen atoms in total. The van der Waals surface area contributed by atoms with E-state index in [-0.39, 0.29) is 0 Å². The van der Waals surface area contributed by atoms with Crippen LogP contribution in [0.4, 0.5) is 0 Å². The van der Waals surface area contributed by atoms with Gasteiger partial charge in [0.25, 0.3) is 0 Å². The van der Waals surface area contributed by atoms with Crippen LogP contribution in [0.25, 0.3) is 10.1 Å². The number of alkyl halides is 1. The highest BCUT2D eigenvalue weighted by Crippen LogP contribution is 2.34. The third kappa shape index (κ3) is 1.60. The molecule has 4 heteroatoms. The number of carbonyl (C=O) groups is 1. The Morgan fingerprint density at radius 2 is 2.29 bits per heavy atom. The van der Waals surface area contributed by atoms with Crippen molar-refractivity contribution in [3.63, 3.8) is 0 Å². The fourth-order valence-electron chi connectivity index (χ4n) is 1.29. The molecular weight excluding hydrogens is 284 g/mol. The van der Waals surface area contributed by atoms with Gasteiger partial charge in [0.05, 0.1) is 4.88 Å². The van der Waals surface area contributed by atoms with E-state index < -0.39 is 0 Å². The van der Waals surface area contributed by atoms with Crippen molar-refractivity contribution in [2.24, 2.45) is 0 Å². The molecule has 0 spiro atoms. The summed E-state index contributed by atoms with van der Waals surface area (Å²) >= 11 is 10.8. The Morgan fingerprint density at radius 3 is 2.93 bits per heavy atom. The summed E-state index contributed by atoms with van der Waals surface area (Å²) in [7, 11) is 0. The standard InChI is InChI=1S/C10H6BrClOS/c11-9-7(4-12)2-1-6-3-8(5-13)14-10(6)9/h1-3,5H,4H2. The topological polar surface area (TPSA) is 17.1 Å². The van der Waals surface area contributed by atoms with E-state index in [0.29, 0.717) is 5.88 Å². The van der Waals surface area contributed by atoms with Crippen LogP contribution in [0.15, 0.2) is 22.7 Å². The van der Waals surface area contributed by atoms with E-state index in [9.17, 15) is 4.79 Å². The van der Waals surface area contributed by atoms with E-state index in [4.69, 9.17) is 11.6 Å². The maximum absolute atomic E-state index is 10.6. The van der Waals surface area contributed by atoms with Crippen molar-refractivity contribution in [2.75, 3.05) is 0 Å². The lowest BCUT2D eigenvalue weighted by Crippen LogP contribution is -1.78. The highest BCUT2D eigenvalue weighted by molar-refractivity contribution is 9.10. The van der Waals surface area contributed by atoms with Crippen LogP contribution in [-0.4, -0.2) is 6.29 Å². The number of hydrogen-bond donors (Lipinski definition) is 0. The number of halogens is 2. The molecule has 2 rings (SSSR count). The molecule has 1 aromatic heterocycles. The quantitative estimate of drug-likeness (QED) is 0.598. The van der Waals surface area contributed by atoms with Gasteiger partial charge in [-0.1, -0.05) is 12.1 Å². The minimum Gasteiger partial charge on any atom is -0.297 e. The zero-order valence-corrected chi connectivity index (χ0v) is 10.2. The second-order valence-electron chi connectivity index (χ2n) is 2.86. The number of thiophene rings is 1. The molecule has 0 fully saturated rings. The number of rotatable bonds is 2. The first-order chi connectivity index (χ1) is 6.76.